The number of hydrogen-bond acceptors (Lipinski definition) is 3. The minimum absolute atomic E-state index is 0.0655. The number of nitrogens with two attached hydrogens (primary N) is 1. The molecule has 1 unspecified atom stereocenters. The third-order valence-electron chi connectivity index (χ3n) is 0.965. The highest BCUT2D eigenvalue weighted by molar-refractivity contribution is 8.00. The van der Waals surface area contributed by atoms with E-state index in [9.17, 15) is 0 Å². The summed E-state index contributed by atoms with van der Waals surface area (Å²) in [5.74, 6) is 0.833. The van der Waals surface area contributed by atoms with E-state index in [1.54, 1.807) is 11.8 Å². The SMILES string of the molecule is CC(C)(C)SCC(N)CO. The van der Waals surface area contributed by atoms with Crippen LogP contribution in [0.15, 0.2) is 0 Å². The molecule has 0 spiro atoms. The average Bonchev–Trinajstić information content (AvgIpc) is 1.81. The Balaban J connectivity index is 3.36. The highest BCUT2D eigenvalue weighted by Gasteiger charge is 2.12. The quantitative estimate of drug-likeness (QED) is 0.648. The molecule has 62 valence electrons. The van der Waals surface area contributed by atoms with Crippen LogP contribution >= 0.6 is 11.8 Å². The number of rotatable bonds is 3. The van der Waals surface area contributed by atoms with Gasteiger partial charge in [0.15, 0.2) is 0 Å². The third-order valence-corrected chi connectivity index (χ3v) is 2.43. The Morgan fingerprint density at radius 3 is 2.30 bits per heavy atom. The predicted octanol–water partition coefficient (Wildman–Crippen LogP) is 0.838. The van der Waals surface area contributed by atoms with Gasteiger partial charge in [-0.2, -0.15) is 11.8 Å². The van der Waals surface area contributed by atoms with E-state index >= 15 is 0 Å². The van der Waals surface area contributed by atoms with E-state index < -0.39 is 0 Å². The zero-order valence-corrected chi connectivity index (χ0v) is 7.74. The molecule has 0 aliphatic heterocycles. The Morgan fingerprint density at radius 1 is 1.50 bits per heavy atom. The van der Waals surface area contributed by atoms with Crippen molar-refractivity contribution in [1.82, 2.24) is 0 Å². The van der Waals surface area contributed by atoms with Crippen LogP contribution in [0, 0.1) is 0 Å². The summed E-state index contributed by atoms with van der Waals surface area (Å²) in [6.45, 7) is 6.51. The molecule has 3 N–H and O–H groups in total. The fourth-order valence-electron chi connectivity index (χ4n) is 0.410. The molecule has 2 nitrogen and oxygen atoms in total. The van der Waals surface area contributed by atoms with Crippen LogP contribution in [-0.2, 0) is 0 Å². The molecular formula is C7H17NOS. The maximum absolute atomic E-state index is 8.59. The predicted molar refractivity (Wildman–Crippen MR) is 47.3 cm³/mol. The maximum atomic E-state index is 8.59. The van der Waals surface area contributed by atoms with Crippen molar-refractivity contribution in [3.05, 3.63) is 0 Å². The van der Waals surface area contributed by atoms with E-state index in [2.05, 4.69) is 20.8 Å². The molecule has 0 aliphatic rings. The number of hydrogen-bond donors (Lipinski definition) is 2. The first kappa shape index (κ1) is 10.3. The van der Waals surface area contributed by atoms with E-state index in [4.69, 9.17) is 10.8 Å². The first-order chi connectivity index (χ1) is 4.45. The summed E-state index contributed by atoms with van der Waals surface area (Å²) in [5, 5.41) is 8.59. The van der Waals surface area contributed by atoms with Gasteiger partial charge in [0, 0.05) is 16.5 Å². The lowest BCUT2D eigenvalue weighted by Gasteiger charge is -2.19. The van der Waals surface area contributed by atoms with E-state index in [0.717, 1.165) is 5.75 Å². The lowest BCUT2D eigenvalue weighted by molar-refractivity contribution is 0.275. The van der Waals surface area contributed by atoms with E-state index in [0.29, 0.717) is 0 Å². The summed E-state index contributed by atoms with van der Waals surface area (Å²) < 4.78 is 0.257. The van der Waals surface area contributed by atoms with Crippen LogP contribution < -0.4 is 5.73 Å². The summed E-state index contributed by atoms with van der Waals surface area (Å²) >= 11 is 1.78. The van der Waals surface area contributed by atoms with Crippen LogP contribution in [0.2, 0.25) is 0 Å². The number of aliphatic hydroxyl groups is 1. The van der Waals surface area contributed by atoms with Crippen molar-refractivity contribution >= 4 is 11.8 Å². The normalized spacial score (nSPS) is 15.3. The second-order valence-corrected chi connectivity index (χ2v) is 5.21. The summed E-state index contributed by atoms with van der Waals surface area (Å²) in [7, 11) is 0. The highest BCUT2D eigenvalue weighted by atomic mass is 32.2. The fraction of sp³-hybridized carbons (Fsp3) is 1.00. The number of aliphatic hydroxyl groups excluding tert-OH is 1. The van der Waals surface area contributed by atoms with Gasteiger partial charge < -0.3 is 10.8 Å². The minimum Gasteiger partial charge on any atom is -0.395 e. The van der Waals surface area contributed by atoms with Gasteiger partial charge in [-0.1, -0.05) is 20.8 Å². The second-order valence-electron chi connectivity index (χ2n) is 3.37. The molecule has 0 radical (unpaired) electrons. The van der Waals surface area contributed by atoms with Gasteiger partial charge in [0.2, 0.25) is 0 Å². The van der Waals surface area contributed by atoms with Crippen LogP contribution in [-0.4, -0.2) is 28.3 Å². The zero-order chi connectivity index (χ0) is 8.20. The molecule has 0 bridgehead atoms. The minimum atomic E-state index is -0.0655. The van der Waals surface area contributed by atoms with Crippen LogP contribution in [0.25, 0.3) is 0 Å². The van der Waals surface area contributed by atoms with E-state index in [-0.39, 0.29) is 17.4 Å². The van der Waals surface area contributed by atoms with Crippen molar-refractivity contribution < 1.29 is 5.11 Å². The van der Waals surface area contributed by atoms with Gasteiger partial charge in [0.25, 0.3) is 0 Å². The zero-order valence-electron chi connectivity index (χ0n) is 6.92. The molecule has 1 atom stereocenters. The van der Waals surface area contributed by atoms with Gasteiger partial charge in [0.05, 0.1) is 6.61 Å². The molecular weight excluding hydrogens is 146 g/mol. The van der Waals surface area contributed by atoms with Crippen molar-refractivity contribution in [2.45, 2.75) is 31.6 Å². The lowest BCUT2D eigenvalue weighted by atomic mass is 10.3. The van der Waals surface area contributed by atoms with Crippen molar-refractivity contribution in [3.63, 3.8) is 0 Å². The molecule has 0 fully saturated rings. The van der Waals surface area contributed by atoms with Gasteiger partial charge in [-0.25, -0.2) is 0 Å². The average molecular weight is 163 g/mol. The standard InChI is InChI=1S/C7H17NOS/c1-7(2,3)10-5-6(8)4-9/h6,9H,4-5,8H2,1-3H3. The Kier molecular flexibility index (Phi) is 4.32. The van der Waals surface area contributed by atoms with Crippen LogP contribution in [0.5, 0.6) is 0 Å². The Morgan fingerprint density at radius 2 is 2.00 bits per heavy atom. The third kappa shape index (κ3) is 6.39. The van der Waals surface area contributed by atoms with E-state index in [1.807, 2.05) is 0 Å². The van der Waals surface area contributed by atoms with Gasteiger partial charge in [-0.15, -0.1) is 0 Å². The van der Waals surface area contributed by atoms with Crippen molar-refractivity contribution in [1.29, 1.82) is 0 Å². The number of thioether (sulfide) groups is 1. The molecule has 0 amide bonds. The smallest absolute Gasteiger partial charge is 0.0590 e. The van der Waals surface area contributed by atoms with Crippen molar-refractivity contribution in [2.24, 2.45) is 5.73 Å². The van der Waals surface area contributed by atoms with Crippen molar-refractivity contribution in [3.8, 4) is 0 Å². The molecule has 0 aliphatic carbocycles. The molecule has 0 aromatic heterocycles. The molecule has 0 saturated heterocycles. The molecule has 0 heterocycles. The molecule has 0 aromatic carbocycles. The Labute approximate surface area is 67.2 Å². The highest BCUT2D eigenvalue weighted by Crippen LogP contribution is 2.22. The lowest BCUT2D eigenvalue weighted by Crippen LogP contribution is -2.29. The maximum Gasteiger partial charge on any atom is 0.0590 e. The van der Waals surface area contributed by atoms with Gasteiger partial charge in [-0.05, 0) is 0 Å². The van der Waals surface area contributed by atoms with Crippen molar-refractivity contribution in [2.75, 3.05) is 12.4 Å². The Hall–Kier alpha value is 0.270. The summed E-state index contributed by atoms with van der Waals surface area (Å²) in [4.78, 5) is 0. The van der Waals surface area contributed by atoms with Crippen LogP contribution in [0.4, 0.5) is 0 Å². The van der Waals surface area contributed by atoms with Crippen LogP contribution in [0.1, 0.15) is 20.8 Å². The largest absolute Gasteiger partial charge is 0.395 e. The summed E-state index contributed by atoms with van der Waals surface area (Å²) in [6.07, 6.45) is 0. The van der Waals surface area contributed by atoms with Gasteiger partial charge in [0.1, 0.15) is 0 Å². The monoisotopic (exact) mass is 163 g/mol. The topological polar surface area (TPSA) is 46.2 Å². The summed E-state index contributed by atoms with van der Waals surface area (Å²) in [6, 6.07) is -0.0655. The molecule has 0 rings (SSSR count). The van der Waals surface area contributed by atoms with E-state index in [1.165, 1.54) is 0 Å². The molecule has 10 heavy (non-hydrogen) atoms. The van der Waals surface area contributed by atoms with Gasteiger partial charge >= 0.3 is 0 Å². The fourth-order valence-corrected chi connectivity index (χ4v) is 1.23. The molecule has 0 aromatic rings. The molecule has 3 heteroatoms. The summed E-state index contributed by atoms with van der Waals surface area (Å²) in [5.41, 5.74) is 5.51. The Bertz CT molecular complexity index is 90.1. The first-order valence-corrected chi connectivity index (χ1v) is 4.44. The molecule has 0 saturated carbocycles. The van der Waals surface area contributed by atoms with Gasteiger partial charge in [-0.3, -0.25) is 0 Å². The van der Waals surface area contributed by atoms with Crippen LogP contribution in [0.3, 0.4) is 0 Å². The first-order valence-electron chi connectivity index (χ1n) is 3.46. The second kappa shape index (κ2) is 4.21.